The maximum Gasteiger partial charge on any atom is 0.416 e. The van der Waals surface area contributed by atoms with Gasteiger partial charge in [0, 0.05) is 12.8 Å². The highest BCUT2D eigenvalue weighted by molar-refractivity contribution is 5.96. The quantitative estimate of drug-likeness (QED) is 0.625. The zero-order valence-corrected chi connectivity index (χ0v) is 15.1. The number of carboxylic acids is 1. The molecule has 27 heavy (non-hydrogen) atoms. The Bertz CT molecular complexity index is 573. The molecule has 0 aromatic carbocycles. The lowest BCUT2D eigenvalue weighted by atomic mass is 9.82. The smallest absolute Gasteiger partial charge is 0.416 e. The first-order valence-corrected chi connectivity index (χ1v) is 8.31. The van der Waals surface area contributed by atoms with Crippen LogP contribution in [-0.4, -0.2) is 52.7 Å². The Morgan fingerprint density at radius 3 is 2.19 bits per heavy atom. The van der Waals surface area contributed by atoms with Gasteiger partial charge in [-0.15, -0.1) is 0 Å². The van der Waals surface area contributed by atoms with Gasteiger partial charge in [-0.2, -0.15) is 13.2 Å². The molecule has 1 aliphatic heterocycles. The summed E-state index contributed by atoms with van der Waals surface area (Å²) in [5.74, 6) is -10.9. The molecule has 1 rings (SSSR count). The van der Waals surface area contributed by atoms with Crippen molar-refractivity contribution in [2.24, 2.45) is 17.8 Å². The van der Waals surface area contributed by atoms with Crippen LogP contribution >= 0.6 is 0 Å². The van der Waals surface area contributed by atoms with Crippen LogP contribution in [0.1, 0.15) is 40.0 Å². The number of carboxylic acid groups (broad SMARTS) is 1. The van der Waals surface area contributed by atoms with E-state index in [4.69, 9.17) is 4.74 Å². The van der Waals surface area contributed by atoms with Crippen LogP contribution in [0.4, 0.5) is 26.7 Å². The number of amides is 2. The van der Waals surface area contributed by atoms with Gasteiger partial charge in [-0.25, -0.2) is 18.5 Å². The molecule has 0 saturated carbocycles. The monoisotopic (exact) mass is 403 g/mol. The molecular formula is C16H22F5NO5. The standard InChI is InChI=1S/C16H22F5NO5/c1-8(2)11-7-27-14(26)22(11)12(23)9(4-5-16(19,20)21)10(13(24)25)6-15(3,17)18/h8-11H,4-7H2,1-3H3,(H,24,25)/t9?,10?,11-/m1/s1. The molecule has 1 heterocycles. The van der Waals surface area contributed by atoms with Gasteiger partial charge in [0.25, 0.3) is 0 Å². The van der Waals surface area contributed by atoms with E-state index in [0.717, 1.165) is 0 Å². The van der Waals surface area contributed by atoms with Crippen molar-refractivity contribution in [2.75, 3.05) is 6.61 Å². The number of carbonyl (C=O) groups excluding carboxylic acids is 2. The summed E-state index contributed by atoms with van der Waals surface area (Å²) in [7, 11) is 0. The highest BCUT2D eigenvalue weighted by Crippen LogP contribution is 2.36. The molecule has 156 valence electrons. The molecule has 1 aliphatic rings. The Hall–Kier alpha value is -1.94. The molecule has 0 spiro atoms. The molecule has 0 aliphatic carbocycles. The number of alkyl halides is 5. The third-order valence-corrected chi connectivity index (χ3v) is 4.35. The van der Waals surface area contributed by atoms with Crippen LogP contribution in [0.15, 0.2) is 0 Å². The SMILES string of the molecule is CC(C)[C@H]1COC(=O)N1C(=O)C(CCC(F)(F)F)C(CC(C)(F)F)C(=O)O. The molecule has 0 bridgehead atoms. The average molecular weight is 403 g/mol. The number of rotatable bonds is 8. The molecule has 0 aromatic rings. The van der Waals surface area contributed by atoms with E-state index in [-0.39, 0.29) is 12.5 Å². The van der Waals surface area contributed by atoms with E-state index < -0.39 is 67.2 Å². The summed E-state index contributed by atoms with van der Waals surface area (Å²) in [4.78, 5) is 36.7. The number of hydrogen-bond acceptors (Lipinski definition) is 4. The molecule has 3 atom stereocenters. The third kappa shape index (κ3) is 6.62. The van der Waals surface area contributed by atoms with Crippen LogP contribution in [0.2, 0.25) is 0 Å². The Labute approximate surface area is 152 Å². The van der Waals surface area contributed by atoms with Gasteiger partial charge in [-0.1, -0.05) is 13.8 Å². The summed E-state index contributed by atoms with van der Waals surface area (Å²) < 4.78 is 69.4. The van der Waals surface area contributed by atoms with Gasteiger partial charge < -0.3 is 9.84 Å². The molecule has 1 saturated heterocycles. The van der Waals surface area contributed by atoms with E-state index in [9.17, 15) is 41.4 Å². The van der Waals surface area contributed by atoms with Crippen molar-refractivity contribution in [1.29, 1.82) is 0 Å². The number of cyclic esters (lactones) is 1. The second-order valence-electron chi connectivity index (χ2n) is 7.08. The van der Waals surface area contributed by atoms with Crippen molar-refractivity contribution in [3.05, 3.63) is 0 Å². The summed E-state index contributed by atoms with van der Waals surface area (Å²) in [6.07, 6.45) is -9.74. The Kier molecular flexibility index (Phi) is 7.17. The summed E-state index contributed by atoms with van der Waals surface area (Å²) in [5, 5.41) is 9.27. The summed E-state index contributed by atoms with van der Waals surface area (Å²) in [5.41, 5.74) is 0. The lowest BCUT2D eigenvalue weighted by Crippen LogP contribution is -2.48. The minimum Gasteiger partial charge on any atom is -0.481 e. The lowest BCUT2D eigenvalue weighted by Gasteiger charge is -2.30. The first kappa shape index (κ1) is 23.1. The minimum atomic E-state index is -4.72. The van der Waals surface area contributed by atoms with Crippen molar-refractivity contribution in [3.8, 4) is 0 Å². The zero-order chi connectivity index (χ0) is 21.2. The largest absolute Gasteiger partial charge is 0.481 e. The second-order valence-corrected chi connectivity index (χ2v) is 7.08. The van der Waals surface area contributed by atoms with Gasteiger partial charge in [-0.05, 0) is 19.3 Å². The zero-order valence-electron chi connectivity index (χ0n) is 15.1. The predicted octanol–water partition coefficient (Wildman–Crippen LogP) is 3.69. The van der Waals surface area contributed by atoms with Crippen molar-refractivity contribution in [2.45, 2.75) is 58.2 Å². The highest BCUT2D eigenvalue weighted by atomic mass is 19.4. The summed E-state index contributed by atoms with van der Waals surface area (Å²) >= 11 is 0. The Morgan fingerprint density at radius 1 is 1.22 bits per heavy atom. The van der Waals surface area contributed by atoms with Crippen molar-refractivity contribution in [3.63, 3.8) is 0 Å². The number of hydrogen-bond donors (Lipinski definition) is 1. The van der Waals surface area contributed by atoms with Crippen molar-refractivity contribution < 1.29 is 46.2 Å². The van der Waals surface area contributed by atoms with Gasteiger partial charge in [0.15, 0.2) is 0 Å². The minimum absolute atomic E-state index is 0.199. The van der Waals surface area contributed by atoms with Crippen LogP contribution in [0.25, 0.3) is 0 Å². The Balaban J connectivity index is 3.24. The number of aliphatic carboxylic acids is 1. The van der Waals surface area contributed by atoms with Gasteiger partial charge in [0.05, 0.1) is 17.9 Å². The van der Waals surface area contributed by atoms with E-state index in [1.165, 1.54) is 0 Å². The van der Waals surface area contributed by atoms with Gasteiger partial charge in [0.2, 0.25) is 11.8 Å². The fourth-order valence-electron chi connectivity index (χ4n) is 2.96. The van der Waals surface area contributed by atoms with E-state index in [2.05, 4.69) is 0 Å². The summed E-state index contributed by atoms with van der Waals surface area (Å²) in [6.45, 7) is 3.48. The number of nitrogens with zero attached hydrogens (tertiary/aromatic N) is 1. The normalized spacial score (nSPS) is 20.6. The van der Waals surface area contributed by atoms with Crippen LogP contribution in [-0.2, 0) is 14.3 Å². The fraction of sp³-hybridized carbons (Fsp3) is 0.812. The predicted molar refractivity (Wildman–Crippen MR) is 82.0 cm³/mol. The van der Waals surface area contributed by atoms with E-state index in [1.807, 2.05) is 0 Å². The first-order valence-electron chi connectivity index (χ1n) is 8.31. The lowest BCUT2D eigenvalue weighted by molar-refractivity contribution is -0.159. The molecule has 2 amide bonds. The first-order chi connectivity index (χ1) is 12.1. The number of ether oxygens (including phenoxy) is 1. The molecule has 6 nitrogen and oxygen atoms in total. The van der Waals surface area contributed by atoms with Gasteiger partial charge in [0.1, 0.15) is 6.61 Å². The van der Waals surface area contributed by atoms with Crippen LogP contribution < -0.4 is 0 Å². The molecule has 0 radical (unpaired) electrons. The molecule has 1 fully saturated rings. The maximum absolute atomic E-state index is 13.4. The number of imide groups is 1. The van der Waals surface area contributed by atoms with Crippen LogP contribution in [0, 0.1) is 17.8 Å². The third-order valence-electron chi connectivity index (χ3n) is 4.35. The van der Waals surface area contributed by atoms with Gasteiger partial charge in [-0.3, -0.25) is 9.59 Å². The van der Waals surface area contributed by atoms with Crippen LogP contribution in [0.3, 0.4) is 0 Å². The maximum atomic E-state index is 13.4. The van der Waals surface area contributed by atoms with E-state index >= 15 is 0 Å². The number of halogens is 5. The second kappa shape index (κ2) is 8.39. The van der Waals surface area contributed by atoms with Crippen molar-refractivity contribution in [1.82, 2.24) is 4.90 Å². The van der Waals surface area contributed by atoms with Crippen LogP contribution in [0.5, 0.6) is 0 Å². The molecular weight excluding hydrogens is 381 g/mol. The van der Waals surface area contributed by atoms with E-state index in [0.29, 0.717) is 11.8 Å². The van der Waals surface area contributed by atoms with Gasteiger partial charge >= 0.3 is 18.2 Å². The fourth-order valence-corrected chi connectivity index (χ4v) is 2.96. The topological polar surface area (TPSA) is 83.9 Å². The highest BCUT2D eigenvalue weighted by Gasteiger charge is 2.48. The van der Waals surface area contributed by atoms with E-state index in [1.54, 1.807) is 13.8 Å². The average Bonchev–Trinajstić information content (AvgIpc) is 2.85. The number of carbonyl (C=O) groups is 3. The molecule has 0 aromatic heterocycles. The Morgan fingerprint density at radius 2 is 1.78 bits per heavy atom. The molecule has 11 heteroatoms. The molecule has 1 N–H and O–H groups in total. The van der Waals surface area contributed by atoms with Crippen molar-refractivity contribution >= 4 is 18.0 Å². The molecule has 2 unspecified atom stereocenters. The summed E-state index contributed by atoms with van der Waals surface area (Å²) in [6, 6.07) is -0.810.